The van der Waals surface area contributed by atoms with Crippen LogP contribution in [0.4, 0.5) is 44.3 Å². The van der Waals surface area contributed by atoms with Gasteiger partial charge in [0.15, 0.2) is 0 Å². The van der Waals surface area contributed by atoms with Crippen LogP contribution < -0.4 is 15.5 Å². The second-order valence-corrected chi connectivity index (χ2v) is 9.57. The van der Waals surface area contributed by atoms with Crippen molar-refractivity contribution < 1.29 is 58.6 Å². The van der Waals surface area contributed by atoms with Crippen LogP contribution in [0.25, 0.3) is 0 Å². The first-order valence-electron chi connectivity index (χ1n) is 10.9. The molecule has 7 nitrogen and oxygen atoms in total. The largest absolute Gasteiger partial charge is 0.490 e. The van der Waals surface area contributed by atoms with E-state index >= 15 is 0 Å². The summed E-state index contributed by atoms with van der Waals surface area (Å²) in [5, 5.41) is 0.600. The van der Waals surface area contributed by atoms with E-state index in [0.717, 1.165) is 11.5 Å². The van der Waals surface area contributed by atoms with Gasteiger partial charge in [0.1, 0.15) is 17.5 Å². The first-order chi connectivity index (χ1) is 16.7. The zero-order chi connectivity index (χ0) is 28.1. The molecule has 0 aliphatic carbocycles. The molecule has 0 spiro atoms. The van der Waals surface area contributed by atoms with Crippen LogP contribution in [0.5, 0.6) is 5.75 Å². The van der Waals surface area contributed by atoms with Crippen LogP contribution in [-0.4, -0.2) is 60.0 Å². The number of likely N-dealkylation sites (tertiary alicyclic amines) is 1. The van der Waals surface area contributed by atoms with Crippen molar-refractivity contribution in [2.24, 2.45) is 0 Å². The lowest BCUT2D eigenvalue weighted by Crippen LogP contribution is -2.69. The van der Waals surface area contributed by atoms with E-state index in [1.54, 1.807) is 20.8 Å². The normalized spacial score (nSPS) is 23.7. The summed E-state index contributed by atoms with van der Waals surface area (Å²) in [6.45, 7) is 5.46. The molecule has 1 aromatic carbocycles. The van der Waals surface area contributed by atoms with Crippen molar-refractivity contribution >= 4 is 6.09 Å². The number of halogens is 9. The molecule has 2 heterocycles. The van der Waals surface area contributed by atoms with Gasteiger partial charge in [0.2, 0.25) is 5.66 Å². The number of carbonyl (C=O) groups excluding carboxylic acids is 1. The van der Waals surface area contributed by atoms with E-state index in [4.69, 9.17) is 9.47 Å². The van der Waals surface area contributed by atoms with Crippen molar-refractivity contribution in [3.05, 3.63) is 29.8 Å². The van der Waals surface area contributed by atoms with E-state index in [-0.39, 0.29) is 31.7 Å². The number of ether oxygens (including phenoxy) is 2. The van der Waals surface area contributed by atoms with Crippen molar-refractivity contribution in [2.75, 3.05) is 13.1 Å². The SMILES string of the molecule is CC(C)(C)OC(=O)N1CCC(Oc2cccc(C3(C(F)(F)F)NOC(C(F)(F)F)(C(F)(F)F)N3)c2)CC1. The third-order valence-electron chi connectivity index (χ3n) is 5.61. The molecule has 1 unspecified atom stereocenters. The summed E-state index contributed by atoms with van der Waals surface area (Å²) < 4.78 is 133. The highest BCUT2D eigenvalue weighted by Gasteiger charge is 2.81. The van der Waals surface area contributed by atoms with E-state index in [2.05, 4.69) is 4.84 Å². The molecule has 0 radical (unpaired) electrons. The maximum atomic E-state index is 14.0. The standard InChI is InChI=1S/C21H24F9N3O4/c1-16(2,3)36-15(34)33-9-7-13(8-10-33)35-14-6-4-5-12(11-14)17(19(22,23)24)31-18(37-32-17,20(25,26)27)21(28,29)30/h4-6,11,13,31-32H,7-10H2,1-3H3. The van der Waals surface area contributed by atoms with E-state index < -0.39 is 53.3 Å². The lowest BCUT2D eigenvalue weighted by molar-refractivity contribution is -0.385. The summed E-state index contributed by atoms with van der Waals surface area (Å²) in [6, 6.07) is 3.53. The lowest BCUT2D eigenvalue weighted by Gasteiger charge is -2.36. The molecule has 2 aliphatic heterocycles. The van der Waals surface area contributed by atoms with E-state index in [9.17, 15) is 44.3 Å². The molecule has 16 heteroatoms. The first-order valence-corrected chi connectivity index (χ1v) is 10.9. The Bertz CT molecular complexity index is 969. The fraction of sp³-hybridized carbons (Fsp3) is 0.667. The Hall–Kier alpha value is -2.46. The highest BCUT2D eigenvalue weighted by molar-refractivity contribution is 5.68. The van der Waals surface area contributed by atoms with Gasteiger partial charge in [-0.3, -0.25) is 4.84 Å². The Balaban J connectivity index is 1.81. The zero-order valence-corrected chi connectivity index (χ0v) is 19.7. The lowest BCUT2D eigenvalue weighted by atomic mass is 9.97. The molecule has 2 N–H and O–H groups in total. The molecular formula is C21H24F9N3O4. The van der Waals surface area contributed by atoms with Gasteiger partial charge in [0.25, 0.3) is 0 Å². The molecule has 1 atom stereocenters. The second kappa shape index (κ2) is 9.38. The van der Waals surface area contributed by atoms with Gasteiger partial charge < -0.3 is 14.4 Å². The number of hydrogen-bond acceptors (Lipinski definition) is 6. The molecule has 0 saturated carbocycles. The Kier molecular flexibility index (Phi) is 7.38. The highest BCUT2D eigenvalue weighted by Crippen LogP contribution is 2.52. The van der Waals surface area contributed by atoms with E-state index in [1.807, 2.05) is 0 Å². The molecule has 1 aromatic rings. The molecule has 0 bridgehead atoms. The maximum absolute atomic E-state index is 14.0. The maximum Gasteiger partial charge on any atom is 0.442 e. The third kappa shape index (κ3) is 5.70. The number of carbonyl (C=O) groups is 1. The Morgan fingerprint density at radius 3 is 2.00 bits per heavy atom. The summed E-state index contributed by atoms with van der Waals surface area (Å²) in [7, 11) is 0. The Labute approximate surface area is 205 Å². The summed E-state index contributed by atoms with van der Waals surface area (Å²) in [5.74, 6) is -0.239. The minimum absolute atomic E-state index is 0.197. The van der Waals surface area contributed by atoms with Gasteiger partial charge in [-0.25, -0.2) is 10.1 Å². The molecular weight excluding hydrogens is 529 g/mol. The quantitative estimate of drug-likeness (QED) is 0.507. The van der Waals surface area contributed by atoms with Crippen LogP contribution >= 0.6 is 0 Å². The van der Waals surface area contributed by atoms with Gasteiger partial charge in [0.05, 0.1) is 0 Å². The first kappa shape index (κ1) is 29.1. The van der Waals surface area contributed by atoms with Crippen LogP contribution in [0.3, 0.4) is 0 Å². The van der Waals surface area contributed by atoms with Crippen molar-refractivity contribution in [1.82, 2.24) is 15.7 Å². The Morgan fingerprint density at radius 2 is 1.54 bits per heavy atom. The van der Waals surface area contributed by atoms with Crippen molar-refractivity contribution in [3.8, 4) is 5.75 Å². The van der Waals surface area contributed by atoms with Gasteiger partial charge in [-0.2, -0.15) is 45.0 Å². The van der Waals surface area contributed by atoms with Crippen molar-refractivity contribution in [2.45, 2.75) is 75.2 Å². The number of nitrogens with one attached hydrogen (secondary N) is 2. The molecule has 2 aliphatic rings. The molecule has 2 fully saturated rings. The zero-order valence-electron chi connectivity index (χ0n) is 19.7. The monoisotopic (exact) mass is 553 g/mol. The third-order valence-corrected chi connectivity index (χ3v) is 5.61. The number of nitrogens with zero attached hydrogens (tertiary/aromatic N) is 1. The van der Waals surface area contributed by atoms with Gasteiger partial charge >= 0.3 is 30.3 Å². The number of hydrogen-bond donors (Lipinski definition) is 2. The molecule has 0 aromatic heterocycles. The molecule has 210 valence electrons. The predicted octanol–water partition coefficient (Wildman–Crippen LogP) is 5.13. The second-order valence-electron chi connectivity index (χ2n) is 9.57. The van der Waals surface area contributed by atoms with Crippen LogP contribution in [0.2, 0.25) is 0 Å². The average Bonchev–Trinajstić information content (AvgIpc) is 3.17. The van der Waals surface area contributed by atoms with Crippen LogP contribution in [0.1, 0.15) is 39.2 Å². The Morgan fingerprint density at radius 1 is 0.973 bits per heavy atom. The molecule has 1 amide bonds. The van der Waals surface area contributed by atoms with Crippen LogP contribution in [-0.2, 0) is 15.2 Å². The predicted molar refractivity (Wildman–Crippen MR) is 108 cm³/mol. The number of alkyl halides is 9. The van der Waals surface area contributed by atoms with Gasteiger partial charge in [-0.1, -0.05) is 12.1 Å². The van der Waals surface area contributed by atoms with Gasteiger partial charge in [-0.05, 0) is 32.9 Å². The fourth-order valence-corrected chi connectivity index (χ4v) is 3.79. The topological polar surface area (TPSA) is 72.1 Å². The fourth-order valence-electron chi connectivity index (χ4n) is 3.79. The average molecular weight is 553 g/mol. The summed E-state index contributed by atoms with van der Waals surface area (Å²) >= 11 is 0. The number of benzene rings is 1. The van der Waals surface area contributed by atoms with Crippen molar-refractivity contribution in [3.63, 3.8) is 0 Å². The van der Waals surface area contributed by atoms with Crippen LogP contribution in [0.15, 0.2) is 24.3 Å². The highest BCUT2D eigenvalue weighted by atomic mass is 19.4. The number of amides is 1. The minimum atomic E-state index is -6.30. The van der Waals surface area contributed by atoms with Gasteiger partial charge in [-0.15, -0.1) is 0 Å². The van der Waals surface area contributed by atoms with E-state index in [1.165, 1.54) is 11.0 Å². The summed E-state index contributed by atoms with van der Waals surface area (Å²) in [4.78, 5) is 17.2. The molecule has 3 rings (SSSR count). The number of piperidine rings is 1. The van der Waals surface area contributed by atoms with Crippen LogP contribution in [0, 0.1) is 0 Å². The smallest absolute Gasteiger partial charge is 0.442 e. The summed E-state index contributed by atoms with van der Waals surface area (Å²) in [5.41, 5.74) is -10.3. The van der Waals surface area contributed by atoms with Crippen molar-refractivity contribution in [1.29, 1.82) is 0 Å². The number of hydroxylamine groups is 1. The molecule has 2 saturated heterocycles. The number of rotatable bonds is 3. The minimum Gasteiger partial charge on any atom is -0.490 e. The van der Waals surface area contributed by atoms with Gasteiger partial charge in [0, 0.05) is 31.5 Å². The van der Waals surface area contributed by atoms with E-state index in [0.29, 0.717) is 17.4 Å². The molecule has 37 heavy (non-hydrogen) atoms. The summed E-state index contributed by atoms with van der Waals surface area (Å²) in [6.07, 6.45) is -19.0.